The second-order valence-corrected chi connectivity index (χ2v) is 4.47. The van der Waals surface area contributed by atoms with Crippen molar-refractivity contribution in [1.29, 1.82) is 0 Å². The normalized spacial score (nSPS) is 13.4. The first-order chi connectivity index (χ1) is 7.75. The summed E-state index contributed by atoms with van der Waals surface area (Å²) >= 11 is 0. The van der Waals surface area contributed by atoms with Gasteiger partial charge in [0.25, 0.3) is 0 Å². The van der Waals surface area contributed by atoms with E-state index in [0.717, 1.165) is 17.8 Å². The minimum Gasteiger partial charge on any atom is -0.460 e. The Balaban J connectivity index is 0.00000108. The van der Waals surface area contributed by atoms with Gasteiger partial charge in [-0.3, -0.25) is 0 Å². The number of allylic oxidation sites excluding steroid dienone is 3. The fourth-order valence-electron chi connectivity index (χ4n) is 2.19. The van der Waals surface area contributed by atoms with Crippen LogP contribution in [0.5, 0.6) is 0 Å². The summed E-state index contributed by atoms with van der Waals surface area (Å²) in [5.41, 5.74) is 4.97. The Morgan fingerprint density at radius 3 is 2.65 bits per heavy atom. The summed E-state index contributed by atoms with van der Waals surface area (Å²) in [7, 11) is 0. The molecule has 82 valence electrons. The molecular weight excluding hydrogens is 463 g/mol. The molecule has 2 aromatic rings. The molecule has 17 heavy (non-hydrogen) atoms. The first-order valence-corrected chi connectivity index (χ1v) is 5.60. The van der Waals surface area contributed by atoms with E-state index in [2.05, 4.69) is 38.1 Å². The molecule has 0 atom stereocenters. The van der Waals surface area contributed by atoms with Crippen molar-refractivity contribution in [3.05, 3.63) is 52.8 Å². The Bertz CT molecular complexity index is 613. The van der Waals surface area contributed by atoms with Gasteiger partial charge in [0.05, 0.1) is 0 Å². The Morgan fingerprint density at radius 1 is 1.12 bits per heavy atom. The first kappa shape index (κ1) is 10.7. The van der Waals surface area contributed by atoms with E-state index in [1.165, 1.54) is 22.1 Å². The number of furan rings is 1. The van der Waals surface area contributed by atoms with Crippen molar-refractivity contribution >= 4 is 17.0 Å². The number of rotatable bonds is 0. The van der Waals surface area contributed by atoms with Gasteiger partial charge in [-0.1, -0.05) is 35.9 Å². The van der Waals surface area contributed by atoms with Crippen LogP contribution in [0.1, 0.15) is 25.2 Å². The molecule has 0 radical (unpaired) electrons. The molecule has 0 aliphatic heterocycles. The molecule has 1 aromatic heterocycles. The monoisotopic (exact) mass is 477 g/mol. The summed E-state index contributed by atoms with van der Waals surface area (Å²) < 4.78 is 5.89. The molecule has 0 spiro atoms. The van der Waals surface area contributed by atoms with Crippen molar-refractivity contribution in [3.8, 4) is 0 Å². The van der Waals surface area contributed by atoms with Crippen LogP contribution in [-0.2, 0) is 6.42 Å². The Morgan fingerprint density at radius 2 is 1.88 bits per heavy atom. The first-order valence-electron chi connectivity index (χ1n) is 5.60. The summed E-state index contributed by atoms with van der Waals surface area (Å²) in [6, 6.07) is 8.23. The maximum Gasteiger partial charge on any atom is 0.134 e. The fourth-order valence-corrected chi connectivity index (χ4v) is 2.19. The molecule has 0 unspecified atom stereocenters. The molecule has 3 rings (SSSR count). The van der Waals surface area contributed by atoms with Crippen molar-refractivity contribution in [2.24, 2.45) is 0 Å². The van der Waals surface area contributed by atoms with Gasteiger partial charge in [-0.15, -0.1) is 0 Å². The molecule has 1 aliphatic rings. The van der Waals surface area contributed by atoms with E-state index in [0.29, 0.717) is 0 Å². The minimum atomic E-state index is 0. The summed E-state index contributed by atoms with van der Waals surface area (Å²) in [4.78, 5) is 0. The Labute approximate surface area is 95.1 Å². The van der Waals surface area contributed by atoms with E-state index in [1.54, 1.807) is 0 Å². The van der Waals surface area contributed by atoms with Crippen molar-refractivity contribution in [3.63, 3.8) is 0 Å². The predicted octanol–water partition coefficient (Wildman–Crippen LogP) is 4.34. The van der Waals surface area contributed by atoms with Crippen molar-refractivity contribution in [2.75, 3.05) is 0 Å². The van der Waals surface area contributed by atoms with Gasteiger partial charge in [0.15, 0.2) is 0 Å². The zero-order valence-electron chi connectivity index (χ0n) is 10.3. The summed E-state index contributed by atoms with van der Waals surface area (Å²) in [5.74, 6) is 1.10. The van der Waals surface area contributed by atoms with Crippen LogP contribution < -0.4 is 0 Å². The Kier molecular flexibility index (Phi) is 2.32. The molecule has 0 fully saturated rings. The van der Waals surface area contributed by atoms with Crippen molar-refractivity contribution < 1.29 is 4.42 Å². The number of benzene rings is 1. The van der Waals surface area contributed by atoms with Gasteiger partial charge < -0.3 is 4.42 Å². The second-order valence-electron chi connectivity index (χ2n) is 4.47. The van der Waals surface area contributed by atoms with Gasteiger partial charge >= 0.3 is 0 Å². The maximum atomic E-state index is 5.89. The third-order valence-electron chi connectivity index (χ3n) is 3.16. The van der Waals surface area contributed by atoms with E-state index < -0.39 is 0 Å². The average Bonchev–Trinajstić information content (AvgIpc) is 2.66. The third-order valence-corrected chi connectivity index (χ3v) is 3.16. The maximum absolute atomic E-state index is 5.89. The van der Waals surface area contributed by atoms with Crippen molar-refractivity contribution in [1.82, 2.24) is 0 Å². The summed E-state index contributed by atoms with van der Waals surface area (Å²) in [6.45, 7) is 4.29. The summed E-state index contributed by atoms with van der Waals surface area (Å²) in [6.07, 6.45) is 5.30. The second kappa shape index (κ2) is 3.67. The smallest absolute Gasteiger partial charge is 0.134 e. The standard InChI is InChI=1S/C15H14O.Rf/c1-10(2)11-7-8-13-12-5-3-4-6-14(12)16-15(13)9-11;/h3-8H,9H2,1-2H3;. The van der Waals surface area contributed by atoms with Crippen molar-refractivity contribution in [2.45, 2.75) is 20.3 Å². The van der Waals surface area contributed by atoms with Crippen LogP contribution in [-0.4, -0.2) is 0 Å². The largest absolute Gasteiger partial charge is 0.460 e. The molecule has 0 saturated carbocycles. The molecule has 1 nitrogen and oxygen atoms in total. The molecule has 0 bridgehead atoms. The van der Waals surface area contributed by atoms with E-state index >= 15 is 0 Å². The minimum absolute atomic E-state index is 0. The van der Waals surface area contributed by atoms with Crippen LogP contribution in [0.15, 0.2) is 45.9 Å². The van der Waals surface area contributed by atoms with Gasteiger partial charge in [0.2, 0.25) is 0 Å². The molecule has 1 aliphatic carbocycles. The van der Waals surface area contributed by atoms with Crippen LogP contribution >= 0.6 is 0 Å². The fraction of sp³-hybridized carbons (Fsp3) is 0.200. The number of fused-ring (bicyclic) bond motifs is 3. The van der Waals surface area contributed by atoms with Crippen LogP contribution in [0, 0.1) is 0 Å². The molecule has 1 heterocycles. The number of hydrogen-bond donors (Lipinski definition) is 0. The molecular formula is C15H14ORf. The van der Waals surface area contributed by atoms with E-state index in [-0.39, 0.29) is 0 Å². The summed E-state index contributed by atoms with van der Waals surface area (Å²) in [5, 5.41) is 1.22. The zero-order chi connectivity index (χ0) is 11.1. The SMILES string of the molecule is CC(C)=C1C=Cc2c(oc3ccccc23)C1.[Rf]. The van der Waals surface area contributed by atoms with E-state index in [9.17, 15) is 0 Å². The van der Waals surface area contributed by atoms with E-state index in [1.807, 2.05) is 12.1 Å². The molecule has 0 amide bonds. The van der Waals surface area contributed by atoms with Crippen LogP contribution in [0.2, 0.25) is 0 Å². The average molecular weight is 477 g/mol. The molecule has 0 N–H and O–H groups in total. The number of para-hydroxylation sites is 1. The van der Waals surface area contributed by atoms with Gasteiger partial charge in [-0.2, -0.15) is 0 Å². The Hall–Kier alpha value is -2.76. The van der Waals surface area contributed by atoms with Crippen LogP contribution in [0.3, 0.4) is 0 Å². The van der Waals surface area contributed by atoms with Crippen LogP contribution in [0.25, 0.3) is 17.0 Å². The van der Waals surface area contributed by atoms with Gasteiger partial charge in [-0.05, 0) is 25.5 Å². The van der Waals surface area contributed by atoms with Gasteiger partial charge in [0, 0.05) is 17.4 Å². The van der Waals surface area contributed by atoms with Gasteiger partial charge in [0.1, 0.15) is 11.3 Å². The molecule has 0 saturated heterocycles. The predicted molar refractivity (Wildman–Crippen MR) is 67.3 cm³/mol. The third kappa shape index (κ3) is 1.51. The molecule has 2 heteroatoms. The zero-order valence-corrected chi connectivity index (χ0v) is 16.7. The molecule has 1 aromatic carbocycles. The topological polar surface area (TPSA) is 13.1 Å². The van der Waals surface area contributed by atoms with Crippen LogP contribution in [0.4, 0.5) is 0 Å². The van der Waals surface area contributed by atoms with Gasteiger partial charge in [-0.25, -0.2) is 0 Å². The quantitative estimate of drug-likeness (QED) is 0.551. The van der Waals surface area contributed by atoms with E-state index in [4.69, 9.17) is 4.42 Å². The number of hydrogen-bond acceptors (Lipinski definition) is 1.